The lowest BCUT2D eigenvalue weighted by molar-refractivity contribution is -0.165. The first kappa shape index (κ1) is 16.7. The van der Waals surface area contributed by atoms with Crippen LogP contribution in [0.15, 0.2) is 36.4 Å². The summed E-state index contributed by atoms with van der Waals surface area (Å²) in [6.45, 7) is 0.280. The summed E-state index contributed by atoms with van der Waals surface area (Å²) in [6, 6.07) is 8.70. The van der Waals surface area contributed by atoms with Gasteiger partial charge in [0.1, 0.15) is 0 Å². The molecule has 0 radical (unpaired) electrons. The Kier molecular flexibility index (Phi) is 3.44. The van der Waals surface area contributed by atoms with E-state index >= 15 is 0 Å². The smallest absolute Gasteiger partial charge is 0.426 e. The molecule has 2 aromatic rings. The molecule has 2 aromatic carbocycles. The van der Waals surface area contributed by atoms with Gasteiger partial charge in [0.15, 0.2) is 11.5 Å². The molecule has 136 valence electrons. The summed E-state index contributed by atoms with van der Waals surface area (Å²) in [5.41, 5.74) is 3.14. The fourth-order valence-electron chi connectivity index (χ4n) is 3.19. The van der Waals surface area contributed by atoms with Gasteiger partial charge in [0.05, 0.1) is 5.56 Å². The average molecular weight is 365 g/mol. The van der Waals surface area contributed by atoms with Gasteiger partial charge in [-0.2, -0.15) is 13.2 Å². The predicted molar refractivity (Wildman–Crippen MR) is 83.8 cm³/mol. The molecular weight excluding hydrogens is 351 g/mol. The number of alkyl halides is 3. The molecule has 0 unspecified atom stereocenters. The molecule has 1 saturated heterocycles. The number of nitrogens with one attached hydrogen (secondary N) is 2. The van der Waals surface area contributed by atoms with Gasteiger partial charge >= 0.3 is 6.18 Å². The van der Waals surface area contributed by atoms with Gasteiger partial charge in [-0.1, -0.05) is 30.3 Å². The summed E-state index contributed by atoms with van der Waals surface area (Å²) in [4.78, 5) is 13.9. The Balaban J connectivity index is 1.59. The largest absolute Gasteiger partial charge is 0.504 e. The minimum Gasteiger partial charge on any atom is -0.504 e. The second-order valence-electron chi connectivity index (χ2n) is 6.33. The van der Waals surface area contributed by atoms with E-state index in [0.717, 1.165) is 0 Å². The first-order valence-electron chi connectivity index (χ1n) is 7.76. The summed E-state index contributed by atoms with van der Waals surface area (Å²) in [6.07, 6.45) is -4.51. The molecule has 0 bridgehead atoms. The Morgan fingerprint density at radius 3 is 2.54 bits per heavy atom. The third-order valence-corrected chi connectivity index (χ3v) is 4.64. The Morgan fingerprint density at radius 2 is 1.88 bits per heavy atom. The number of phenolic OH excluding ortho intramolecular Hbond substituents is 2. The molecule has 6 nitrogen and oxygen atoms in total. The SMILES string of the molecule is O=C1c2c(ccc(O)c2O)CN1Cc1cccc(C2(C(F)(F)F)NN2)c1. The third kappa shape index (κ3) is 2.39. The molecule has 0 spiro atoms. The summed E-state index contributed by atoms with van der Waals surface area (Å²) in [7, 11) is 0. The number of hydrazine groups is 1. The lowest BCUT2D eigenvalue weighted by Gasteiger charge is -2.19. The van der Waals surface area contributed by atoms with Crippen molar-refractivity contribution in [3.05, 3.63) is 58.7 Å². The lowest BCUT2D eigenvalue weighted by atomic mass is 10.0. The van der Waals surface area contributed by atoms with Gasteiger partial charge in [0.25, 0.3) is 5.91 Å². The van der Waals surface area contributed by atoms with Gasteiger partial charge in [-0.05, 0) is 22.8 Å². The van der Waals surface area contributed by atoms with Gasteiger partial charge < -0.3 is 15.1 Å². The molecule has 0 saturated carbocycles. The number of hydrogen-bond acceptors (Lipinski definition) is 5. The fourth-order valence-corrected chi connectivity index (χ4v) is 3.19. The quantitative estimate of drug-likeness (QED) is 0.492. The van der Waals surface area contributed by atoms with Crippen molar-refractivity contribution >= 4 is 5.91 Å². The normalized spacial score (nSPS) is 18.1. The zero-order valence-corrected chi connectivity index (χ0v) is 13.3. The van der Waals surface area contributed by atoms with Crippen molar-refractivity contribution < 1.29 is 28.2 Å². The highest BCUT2D eigenvalue weighted by Gasteiger charge is 2.65. The van der Waals surface area contributed by atoms with Crippen molar-refractivity contribution in [2.75, 3.05) is 0 Å². The van der Waals surface area contributed by atoms with Gasteiger partial charge in [0.2, 0.25) is 5.66 Å². The maximum absolute atomic E-state index is 13.2. The third-order valence-electron chi connectivity index (χ3n) is 4.64. The van der Waals surface area contributed by atoms with Crippen LogP contribution in [0.4, 0.5) is 13.2 Å². The molecular formula is C17H14F3N3O3. The van der Waals surface area contributed by atoms with Crippen molar-refractivity contribution in [2.24, 2.45) is 0 Å². The Hall–Kier alpha value is -2.78. The van der Waals surface area contributed by atoms with E-state index < -0.39 is 23.5 Å². The number of carbonyl (C=O) groups excluding carboxylic acids is 1. The molecule has 2 aliphatic rings. The standard InChI is InChI=1S/C17H14F3N3O3/c18-17(19,20)16(21-22-16)11-3-1-2-9(6-11)7-23-8-10-4-5-12(24)14(25)13(10)15(23)26/h1-6,21-22,24-25H,7-8H2. The van der Waals surface area contributed by atoms with Crippen LogP contribution >= 0.6 is 0 Å². The van der Waals surface area contributed by atoms with Gasteiger partial charge in [-0.15, -0.1) is 0 Å². The molecule has 4 N–H and O–H groups in total. The van der Waals surface area contributed by atoms with Crippen molar-refractivity contribution in [3.63, 3.8) is 0 Å². The zero-order valence-electron chi connectivity index (χ0n) is 13.3. The Morgan fingerprint density at radius 1 is 1.15 bits per heavy atom. The van der Waals surface area contributed by atoms with Crippen LogP contribution in [0.25, 0.3) is 0 Å². The number of carbonyl (C=O) groups is 1. The molecule has 26 heavy (non-hydrogen) atoms. The van der Waals surface area contributed by atoms with Crippen molar-refractivity contribution in [3.8, 4) is 11.5 Å². The highest BCUT2D eigenvalue weighted by Crippen LogP contribution is 2.42. The van der Waals surface area contributed by atoms with Crippen molar-refractivity contribution in [2.45, 2.75) is 24.9 Å². The molecule has 2 heterocycles. The number of hydrogen-bond donors (Lipinski definition) is 4. The van der Waals surface area contributed by atoms with Crippen molar-refractivity contribution in [1.29, 1.82) is 0 Å². The topological polar surface area (TPSA) is 105 Å². The van der Waals surface area contributed by atoms with Crippen LogP contribution in [0.5, 0.6) is 11.5 Å². The van der Waals surface area contributed by atoms with E-state index in [4.69, 9.17) is 0 Å². The number of fused-ring (bicyclic) bond motifs is 1. The van der Waals surface area contributed by atoms with Crippen LogP contribution in [-0.2, 0) is 18.8 Å². The van der Waals surface area contributed by atoms with Crippen LogP contribution in [-0.4, -0.2) is 27.2 Å². The number of phenols is 2. The van der Waals surface area contributed by atoms with E-state index in [0.29, 0.717) is 11.1 Å². The summed E-state index contributed by atoms with van der Waals surface area (Å²) >= 11 is 0. The summed E-state index contributed by atoms with van der Waals surface area (Å²) in [5.74, 6) is -1.35. The zero-order chi connectivity index (χ0) is 18.7. The van der Waals surface area contributed by atoms with E-state index in [-0.39, 0.29) is 30.0 Å². The van der Waals surface area contributed by atoms with Gasteiger partial charge in [0, 0.05) is 13.1 Å². The fraction of sp³-hybridized carbons (Fsp3) is 0.235. The van der Waals surface area contributed by atoms with E-state index in [1.54, 1.807) is 6.07 Å². The molecule has 4 rings (SSSR count). The number of nitrogens with zero attached hydrogens (tertiary/aromatic N) is 1. The first-order chi connectivity index (χ1) is 12.2. The molecule has 0 aliphatic carbocycles. The van der Waals surface area contributed by atoms with Crippen LogP contribution in [0.2, 0.25) is 0 Å². The second-order valence-corrected chi connectivity index (χ2v) is 6.33. The maximum Gasteiger partial charge on any atom is 0.426 e. The van der Waals surface area contributed by atoms with Crippen molar-refractivity contribution in [1.82, 2.24) is 15.8 Å². The first-order valence-corrected chi connectivity index (χ1v) is 7.76. The van der Waals surface area contributed by atoms with E-state index in [1.807, 2.05) is 0 Å². The number of halogens is 3. The predicted octanol–water partition coefficient (Wildman–Crippen LogP) is 2.08. The highest BCUT2D eigenvalue weighted by molar-refractivity contribution is 6.01. The number of amides is 1. The minimum absolute atomic E-state index is 0.00662. The van der Waals surface area contributed by atoms with Gasteiger partial charge in [-0.25, -0.2) is 10.9 Å². The molecule has 1 fully saturated rings. The molecule has 0 aromatic heterocycles. The number of aromatic hydroxyl groups is 2. The monoisotopic (exact) mass is 365 g/mol. The number of rotatable bonds is 3. The van der Waals surface area contributed by atoms with Crippen LogP contribution < -0.4 is 10.9 Å². The molecule has 9 heteroatoms. The molecule has 0 atom stereocenters. The lowest BCUT2D eigenvalue weighted by Crippen LogP contribution is -2.35. The van der Waals surface area contributed by atoms with Gasteiger partial charge in [-0.3, -0.25) is 4.79 Å². The molecule has 1 amide bonds. The van der Waals surface area contributed by atoms with Crippen LogP contribution in [0.3, 0.4) is 0 Å². The van der Waals surface area contributed by atoms with Crippen LogP contribution in [0, 0.1) is 0 Å². The van der Waals surface area contributed by atoms with E-state index in [2.05, 4.69) is 10.9 Å². The number of benzene rings is 2. The Bertz CT molecular complexity index is 910. The van der Waals surface area contributed by atoms with Crippen LogP contribution in [0.1, 0.15) is 27.0 Å². The second kappa shape index (κ2) is 5.36. The average Bonchev–Trinajstić information content (AvgIpc) is 3.34. The van der Waals surface area contributed by atoms with E-state index in [1.165, 1.54) is 35.2 Å². The summed E-state index contributed by atoms with van der Waals surface area (Å²) < 4.78 is 39.6. The minimum atomic E-state index is -4.51. The highest BCUT2D eigenvalue weighted by atomic mass is 19.4. The van der Waals surface area contributed by atoms with E-state index in [9.17, 15) is 28.2 Å². The summed E-state index contributed by atoms with van der Waals surface area (Å²) in [5, 5.41) is 19.4. The maximum atomic E-state index is 13.2. The molecule has 2 aliphatic heterocycles. The Labute approximate surface area is 145 Å².